The van der Waals surface area contributed by atoms with Gasteiger partial charge in [-0.1, -0.05) is 71.1 Å². The Morgan fingerprint density at radius 3 is 2.18 bits per heavy atom. The zero-order valence-electron chi connectivity index (χ0n) is 41.4. The van der Waals surface area contributed by atoms with Crippen LogP contribution in [0.3, 0.4) is 0 Å². The lowest BCUT2D eigenvalue weighted by Gasteiger charge is -2.42. The van der Waals surface area contributed by atoms with Gasteiger partial charge in [0.15, 0.2) is 0 Å². The van der Waals surface area contributed by atoms with Crippen LogP contribution in [0, 0.1) is 35.5 Å². The lowest BCUT2D eigenvalue weighted by molar-refractivity contribution is -0.265. The van der Waals surface area contributed by atoms with Gasteiger partial charge in [-0.05, 0) is 119 Å². The standard InChI is InChI=1S/C52H83NO12/c1-32-17-13-12-14-18-34(3)44(61-9)30-40-22-20-38(7)52(59,65-40)49(56)50(57)53-24-16-15-19-41(53)51(58)64-45(36(5)28-39-21-23-43(60-8)46(29-39)62-10)31-42(54)35(4)27-37(6)48(55)47(63-11)26-33(2)25-32/h12-14,17-18,27,32-33,35-36,38-41,43-48,55,59H,15-16,19-26,28-31H2,1-11H3/b14-12?,17-13+,34-18?,37-27+/t32-,33-,35-,36-,38-,39+,40+,41+,43-,44+,45+,46-,47+,48-,52-/m1/s1. The first kappa shape index (κ1) is 54.6. The third-order valence-electron chi connectivity index (χ3n) is 14.8. The highest BCUT2D eigenvalue weighted by Crippen LogP contribution is 2.38. The van der Waals surface area contributed by atoms with Crippen molar-refractivity contribution in [2.45, 2.75) is 186 Å². The highest BCUT2D eigenvalue weighted by Gasteiger charge is 2.53. The van der Waals surface area contributed by atoms with Crippen LogP contribution in [0.5, 0.6) is 0 Å². The molecule has 13 heteroatoms. The molecular formula is C52H83NO12. The van der Waals surface area contributed by atoms with Crippen LogP contribution in [-0.2, 0) is 47.6 Å². The number of cyclic esters (lactones) is 1. The molecule has 1 aliphatic carbocycles. The lowest BCUT2D eigenvalue weighted by atomic mass is 9.78. The van der Waals surface area contributed by atoms with E-state index in [9.17, 15) is 29.4 Å². The molecular weight excluding hydrogens is 831 g/mol. The topological polar surface area (TPSA) is 167 Å². The second kappa shape index (κ2) is 25.9. The number of ether oxygens (including phenoxy) is 6. The molecule has 3 heterocycles. The molecule has 2 saturated heterocycles. The molecule has 0 unspecified atom stereocenters. The van der Waals surface area contributed by atoms with E-state index in [1.54, 1.807) is 48.4 Å². The number of carbonyl (C=O) groups excluding carboxylic acids is 4. The molecule has 1 saturated carbocycles. The summed E-state index contributed by atoms with van der Waals surface area (Å²) in [7, 11) is 6.58. The average Bonchev–Trinajstić information content (AvgIpc) is 3.29. The molecule has 0 spiro atoms. The number of nitrogens with zero attached hydrogens (tertiary/aromatic N) is 1. The van der Waals surface area contributed by atoms with Crippen LogP contribution >= 0.6 is 0 Å². The Kier molecular flexibility index (Phi) is 21.8. The van der Waals surface area contributed by atoms with E-state index in [4.69, 9.17) is 28.4 Å². The highest BCUT2D eigenvalue weighted by atomic mass is 16.6. The molecule has 15 atom stereocenters. The van der Waals surface area contributed by atoms with Crippen molar-refractivity contribution in [1.29, 1.82) is 0 Å². The number of carbonyl (C=O) groups is 4. The molecule has 2 N–H and O–H groups in total. The number of allylic oxidation sites excluding steroid dienone is 6. The number of Topliss-reactive ketones (excluding diaryl/α,β-unsaturated/α-hetero) is 2. The number of fused-ring (bicyclic) bond motifs is 3. The van der Waals surface area contributed by atoms with Crippen molar-refractivity contribution >= 4 is 23.4 Å². The van der Waals surface area contributed by atoms with Crippen molar-refractivity contribution in [2.24, 2.45) is 35.5 Å². The summed E-state index contributed by atoms with van der Waals surface area (Å²) in [4.78, 5) is 58.3. The van der Waals surface area contributed by atoms with Gasteiger partial charge in [-0.3, -0.25) is 14.4 Å². The summed E-state index contributed by atoms with van der Waals surface area (Å²) in [6.07, 6.45) is 15.9. The van der Waals surface area contributed by atoms with Gasteiger partial charge in [0.05, 0.1) is 30.5 Å². The Balaban J connectivity index is 1.68. The summed E-state index contributed by atoms with van der Waals surface area (Å²) in [5.41, 5.74) is 1.55. The summed E-state index contributed by atoms with van der Waals surface area (Å²) in [5.74, 6) is -6.14. The summed E-state index contributed by atoms with van der Waals surface area (Å²) in [6, 6.07) is -1.09. The smallest absolute Gasteiger partial charge is 0.329 e. The number of esters is 1. The molecule has 4 rings (SSSR count). The normalized spacial score (nSPS) is 39.1. The number of hydrogen-bond acceptors (Lipinski definition) is 12. The predicted octanol–water partition coefficient (Wildman–Crippen LogP) is 7.66. The second-order valence-electron chi connectivity index (χ2n) is 20.0. The maximum atomic E-state index is 14.4. The first-order valence-electron chi connectivity index (χ1n) is 24.3. The molecule has 0 radical (unpaired) electrons. The fraction of sp³-hybridized carbons (Fsp3) is 0.769. The van der Waals surface area contributed by atoms with Crippen molar-refractivity contribution in [2.75, 3.05) is 35.0 Å². The van der Waals surface area contributed by atoms with Gasteiger partial charge >= 0.3 is 5.97 Å². The maximum Gasteiger partial charge on any atom is 0.329 e. The molecule has 65 heavy (non-hydrogen) atoms. The van der Waals surface area contributed by atoms with Crippen LogP contribution in [0.4, 0.5) is 0 Å². The molecule has 1 amide bonds. The zero-order valence-corrected chi connectivity index (χ0v) is 41.4. The molecule has 0 aromatic rings. The Morgan fingerprint density at radius 2 is 1.51 bits per heavy atom. The van der Waals surface area contributed by atoms with E-state index in [0.717, 1.165) is 31.3 Å². The fourth-order valence-electron chi connectivity index (χ4n) is 10.6. The van der Waals surface area contributed by atoms with E-state index in [1.165, 1.54) is 4.90 Å². The minimum absolute atomic E-state index is 0.0103. The molecule has 368 valence electrons. The van der Waals surface area contributed by atoms with Gasteiger partial charge in [0, 0.05) is 59.7 Å². The van der Waals surface area contributed by atoms with E-state index < -0.39 is 65.7 Å². The van der Waals surface area contributed by atoms with Crippen LogP contribution in [0.25, 0.3) is 0 Å². The first-order chi connectivity index (χ1) is 30.9. The molecule has 0 aromatic heterocycles. The van der Waals surface area contributed by atoms with Gasteiger partial charge in [-0.2, -0.15) is 0 Å². The van der Waals surface area contributed by atoms with Gasteiger partial charge in [0.2, 0.25) is 5.79 Å². The quantitative estimate of drug-likeness (QED) is 0.146. The number of rotatable bonds is 7. The number of aliphatic hydroxyl groups is 2. The van der Waals surface area contributed by atoms with Crippen molar-refractivity contribution in [3.05, 3.63) is 47.6 Å². The van der Waals surface area contributed by atoms with Crippen molar-refractivity contribution < 1.29 is 57.8 Å². The molecule has 4 aliphatic rings. The van der Waals surface area contributed by atoms with E-state index >= 15 is 0 Å². The number of ketones is 2. The van der Waals surface area contributed by atoms with Gasteiger partial charge in [-0.25, -0.2) is 4.79 Å². The third-order valence-corrected chi connectivity index (χ3v) is 14.8. The van der Waals surface area contributed by atoms with Crippen molar-refractivity contribution in [3.63, 3.8) is 0 Å². The van der Waals surface area contributed by atoms with E-state index in [-0.39, 0.29) is 67.2 Å². The summed E-state index contributed by atoms with van der Waals surface area (Å²) in [6.45, 7) is 13.7. The lowest BCUT2D eigenvalue weighted by Crippen LogP contribution is -2.61. The van der Waals surface area contributed by atoms with Gasteiger partial charge in [0.25, 0.3) is 11.7 Å². The summed E-state index contributed by atoms with van der Waals surface area (Å²) < 4.78 is 35.7. The minimum atomic E-state index is -2.40. The molecule has 0 aromatic carbocycles. The fourth-order valence-corrected chi connectivity index (χ4v) is 10.6. The Hall–Kier alpha value is -3.04. The number of aliphatic hydroxyl groups excluding tert-OH is 1. The van der Waals surface area contributed by atoms with E-state index in [0.29, 0.717) is 50.5 Å². The van der Waals surface area contributed by atoms with Crippen LogP contribution in [0.15, 0.2) is 47.6 Å². The van der Waals surface area contributed by atoms with Gasteiger partial charge in [0.1, 0.15) is 24.0 Å². The number of hydrogen-bond donors (Lipinski definition) is 2. The average molecular weight is 914 g/mol. The summed E-state index contributed by atoms with van der Waals surface area (Å²) in [5, 5.41) is 23.5. The van der Waals surface area contributed by atoms with Crippen molar-refractivity contribution in [1.82, 2.24) is 4.90 Å². The molecule has 3 fully saturated rings. The molecule has 13 nitrogen and oxygen atoms in total. The minimum Gasteiger partial charge on any atom is -0.460 e. The van der Waals surface area contributed by atoms with Crippen LogP contribution in [0.2, 0.25) is 0 Å². The number of piperidine rings is 1. The predicted molar refractivity (Wildman–Crippen MR) is 250 cm³/mol. The van der Waals surface area contributed by atoms with Crippen LogP contribution in [-0.4, -0.2) is 128 Å². The zero-order chi connectivity index (χ0) is 48.0. The maximum absolute atomic E-state index is 14.4. The second-order valence-corrected chi connectivity index (χ2v) is 20.0. The van der Waals surface area contributed by atoms with Crippen LogP contribution in [0.1, 0.15) is 132 Å². The first-order valence-corrected chi connectivity index (χ1v) is 24.3. The van der Waals surface area contributed by atoms with Gasteiger partial charge in [-0.15, -0.1) is 0 Å². The number of amides is 1. The summed E-state index contributed by atoms with van der Waals surface area (Å²) >= 11 is 0. The Bertz CT molecular complexity index is 1690. The number of methoxy groups -OCH3 is 4. The Labute approximate surface area is 389 Å². The van der Waals surface area contributed by atoms with Gasteiger partial charge < -0.3 is 43.5 Å². The van der Waals surface area contributed by atoms with Crippen LogP contribution < -0.4 is 0 Å². The third kappa shape index (κ3) is 15.0. The highest BCUT2D eigenvalue weighted by molar-refractivity contribution is 6.39. The monoisotopic (exact) mass is 914 g/mol. The van der Waals surface area contributed by atoms with E-state index in [2.05, 4.69) is 19.9 Å². The SMILES string of the molecule is CO[C@H]1C[C@@H]2CC[C@@H](C)[C@@](O)(O2)C(=O)C(=O)N2CCCC[C@H]2C(=O)O[C@H]([C@H](C)C[C@@H]2CC[C@@H](OC)[C@H](OC)C2)CC(=O)[C@H](C)/C=C(\C)[C@@H](O)[C@@H](OC)C[C@H](C)C[C@H](C)/C=C/C=CC=C1C. The van der Waals surface area contributed by atoms with Crippen molar-refractivity contribution in [3.8, 4) is 0 Å². The van der Waals surface area contributed by atoms with E-state index in [1.807, 2.05) is 45.1 Å². The molecule has 3 aliphatic heterocycles. The largest absolute Gasteiger partial charge is 0.460 e. The molecule has 2 bridgehead atoms. The Morgan fingerprint density at radius 1 is 0.800 bits per heavy atom.